The van der Waals surface area contributed by atoms with Crippen LogP contribution in [0.4, 0.5) is 0 Å². The molecule has 0 unspecified atom stereocenters. The predicted octanol–water partition coefficient (Wildman–Crippen LogP) is 1.11. The zero-order valence-corrected chi connectivity index (χ0v) is 17.7. The number of carbonyl (C=O) groups excluding carboxylic acids is 2. The molecule has 4 N–H and O–H groups in total. The van der Waals surface area contributed by atoms with Crippen LogP contribution in [0.15, 0.2) is 83.0 Å². The molecule has 0 saturated heterocycles. The molecule has 0 aliphatic rings. The van der Waals surface area contributed by atoms with Gasteiger partial charge in [0, 0.05) is 10.8 Å². The van der Waals surface area contributed by atoms with E-state index in [1.807, 2.05) is 60.7 Å². The number of amides is 2. The highest BCUT2D eigenvalue weighted by atomic mass is 16.3. The van der Waals surface area contributed by atoms with Gasteiger partial charge in [0.2, 0.25) is 0 Å². The molecule has 0 bridgehead atoms. The van der Waals surface area contributed by atoms with Crippen molar-refractivity contribution in [3.63, 3.8) is 0 Å². The number of hydrazone groups is 2. The Kier molecular flexibility index (Phi) is 6.92. The maximum Gasteiger partial charge on any atom is 0.272 e. The van der Waals surface area contributed by atoms with E-state index in [2.05, 4.69) is 31.0 Å². The summed E-state index contributed by atoms with van der Waals surface area (Å²) in [6.45, 7) is 0. The number of hydrogen-bond acceptors (Lipinski definition) is 8. The fourth-order valence-corrected chi connectivity index (χ4v) is 3.05. The first-order valence-corrected chi connectivity index (χ1v) is 10.2. The van der Waals surface area contributed by atoms with Gasteiger partial charge in [0.15, 0.2) is 12.2 Å². The average molecular weight is 456 g/mol. The Bertz CT molecular complexity index is 1300. The van der Waals surface area contributed by atoms with E-state index in [-0.39, 0.29) is 0 Å². The van der Waals surface area contributed by atoms with Crippen LogP contribution < -0.4 is 10.9 Å². The van der Waals surface area contributed by atoms with Crippen molar-refractivity contribution in [3.05, 3.63) is 84.2 Å². The summed E-state index contributed by atoms with van der Waals surface area (Å²) >= 11 is 0. The molecule has 2 amide bonds. The fraction of sp³-hybridized carbons (Fsp3) is 0.0833. The number of para-hydroxylation sites is 2. The lowest BCUT2D eigenvalue weighted by atomic mass is 10.2. The minimum absolute atomic E-state index is 0.475. The highest BCUT2D eigenvalue weighted by Gasteiger charge is 2.30. The van der Waals surface area contributed by atoms with Crippen LogP contribution in [0.25, 0.3) is 21.8 Å². The van der Waals surface area contributed by atoms with Crippen LogP contribution >= 0.6 is 0 Å². The number of hydrogen-bond donors (Lipinski definition) is 4. The van der Waals surface area contributed by atoms with Gasteiger partial charge in [0.25, 0.3) is 11.8 Å². The van der Waals surface area contributed by atoms with Crippen molar-refractivity contribution in [2.45, 2.75) is 12.2 Å². The Balaban J connectivity index is 1.29. The van der Waals surface area contributed by atoms with E-state index in [9.17, 15) is 19.8 Å². The van der Waals surface area contributed by atoms with Crippen LogP contribution in [0.1, 0.15) is 11.4 Å². The molecule has 10 nitrogen and oxygen atoms in total. The molecule has 2 aromatic heterocycles. The molecule has 0 aliphatic heterocycles. The standard InChI is InChI=1S/C24H20N6O4/c31-21(23(33)29-25-13-17-11-9-15-5-1-3-7-19(15)27-17)22(32)24(34)30-26-14-18-12-10-16-6-2-4-8-20(16)28-18/h1-14,21-22,31-32H,(H,29,33)(H,30,34)/b25-13-,26-14-/t21-,22-/m0/s1. The number of nitrogens with one attached hydrogen (secondary N) is 2. The van der Waals surface area contributed by atoms with Gasteiger partial charge in [-0.2, -0.15) is 10.2 Å². The van der Waals surface area contributed by atoms with Crippen molar-refractivity contribution in [2.75, 3.05) is 0 Å². The maximum atomic E-state index is 12.0. The van der Waals surface area contributed by atoms with E-state index >= 15 is 0 Å². The van der Waals surface area contributed by atoms with Crippen molar-refractivity contribution in [3.8, 4) is 0 Å². The minimum Gasteiger partial charge on any atom is -0.380 e. The number of benzene rings is 2. The molecule has 4 rings (SSSR count). The van der Waals surface area contributed by atoms with Crippen molar-refractivity contribution >= 4 is 46.0 Å². The van der Waals surface area contributed by atoms with Gasteiger partial charge < -0.3 is 10.2 Å². The van der Waals surface area contributed by atoms with Crippen LogP contribution in [-0.4, -0.2) is 56.6 Å². The Hall–Kier alpha value is -4.54. The van der Waals surface area contributed by atoms with Gasteiger partial charge in [0.05, 0.1) is 34.9 Å². The van der Waals surface area contributed by atoms with Crippen LogP contribution in [-0.2, 0) is 9.59 Å². The number of rotatable bonds is 7. The number of aromatic nitrogens is 2. The van der Waals surface area contributed by atoms with Gasteiger partial charge in [-0.3, -0.25) is 9.59 Å². The predicted molar refractivity (Wildman–Crippen MR) is 127 cm³/mol. The lowest BCUT2D eigenvalue weighted by molar-refractivity contribution is -0.146. The van der Waals surface area contributed by atoms with E-state index in [4.69, 9.17) is 0 Å². The number of aliphatic hydroxyl groups is 2. The summed E-state index contributed by atoms with van der Waals surface area (Å²) in [6, 6.07) is 22.1. The fourth-order valence-electron chi connectivity index (χ4n) is 3.05. The lowest BCUT2D eigenvalue weighted by Crippen LogP contribution is -2.47. The van der Waals surface area contributed by atoms with Crippen molar-refractivity contribution in [1.29, 1.82) is 0 Å². The summed E-state index contributed by atoms with van der Waals surface area (Å²) in [5.41, 5.74) is 6.59. The second-order valence-corrected chi connectivity index (χ2v) is 7.22. The van der Waals surface area contributed by atoms with Crippen molar-refractivity contribution in [1.82, 2.24) is 20.8 Å². The van der Waals surface area contributed by atoms with Crippen LogP contribution in [0.2, 0.25) is 0 Å². The first kappa shape index (κ1) is 22.6. The topological polar surface area (TPSA) is 149 Å². The van der Waals surface area contributed by atoms with Gasteiger partial charge in [-0.25, -0.2) is 20.8 Å². The summed E-state index contributed by atoms with van der Waals surface area (Å²) in [4.78, 5) is 32.8. The molecule has 2 aromatic carbocycles. The van der Waals surface area contributed by atoms with E-state index in [1.54, 1.807) is 12.1 Å². The second-order valence-electron chi connectivity index (χ2n) is 7.22. The number of aliphatic hydroxyl groups excluding tert-OH is 2. The zero-order valence-electron chi connectivity index (χ0n) is 17.7. The summed E-state index contributed by atoms with van der Waals surface area (Å²) < 4.78 is 0. The Morgan fingerprint density at radius 3 is 1.53 bits per heavy atom. The Morgan fingerprint density at radius 2 is 1.09 bits per heavy atom. The Morgan fingerprint density at radius 1 is 0.676 bits per heavy atom. The van der Waals surface area contributed by atoms with Crippen molar-refractivity contribution < 1.29 is 19.8 Å². The number of carbonyl (C=O) groups is 2. The number of pyridine rings is 2. The minimum atomic E-state index is -2.06. The van der Waals surface area contributed by atoms with Gasteiger partial charge in [-0.1, -0.05) is 48.5 Å². The van der Waals surface area contributed by atoms with Gasteiger partial charge in [-0.15, -0.1) is 0 Å². The van der Waals surface area contributed by atoms with Gasteiger partial charge in [0.1, 0.15) is 0 Å². The quantitative estimate of drug-likeness (QED) is 0.242. The summed E-state index contributed by atoms with van der Waals surface area (Å²) in [6.07, 6.45) is -1.55. The highest BCUT2D eigenvalue weighted by Crippen LogP contribution is 2.11. The highest BCUT2D eigenvalue weighted by molar-refractivity contribution is 5.92. The number of nitrogens with zero attached hydrogens (tertiary/aromatic N) is 4. The maximum absolute atomic E-state index is 12.0. The molecule has 2 heterocycles. The average Bonchev–Trinajstić information content (AvgIpc) is 2.87. The van der Waals surface area contributed by atoms with Gasteiger partial charge in [-0.05, 0) is 24.3 Å². The molecule has 0 fully saturated rings. The van der Waals surface area contributed by atoms with E-state index in [0.29, 0.717) is 11.4 Å². The van der Waals surface area contributed by atoms with E-state index < -0.39 is 24.0 Å². The second kappa shape index (κ2) is 10.4. The SMILES string of the molecule is O=C(N/N=C\c1ccc2ccccc2n1)[C@@H](O)[C@H](O)C(=O)N/N=C\c1ccc2ccccc2n1. The number of fused-ring (bicyclic) bond motifs is 2. The molecule has 4 aromatic rings. The third-order valence-electron chi connectivity index (χ3n) is 4.82. The van der Waals surface area contributed by atoms with E-state index in [1.165, 1.54) is 12.4 Å². The molecule has 0 saturated carbocycles. The molecule has 0 spiro atoms. The summed E-state index contributed by atoms with van der Waals surface area (Å²) in [7, 11) is 0. The monoisotopic (exact) mass is 456 g/mol. The van der Waals surface area contributed by atoms with Gasteiger partial charge >= 0.3 is 0 Å². The molecule has 10 heteroatoms. The molecule has 0 aliphatic carbocycles. The summed E-state index contributed by atoms with van der Waals surface area (Å²) in [5.74, 6) is -2.14. The molecule has 170 valence electrons. The Labute approximate surface area is 193 Å². The normalized spacial score (nSPS) is 13.4. The molecular weight excluding hydrogens is 436 g/mol. The molecule has 2 atom stereocenters. The first-order valence-electron chi connectivity index (χ1n) is 10.2. The lowest BCUT2D eigenvalue weighted by Gasteiger charge is -2.14. The van der Waals surface area contributed by atoms with Crippen LogP contribution in [0.3, 0.4) is 0 Å². The largest absolute Gasteiger partial charge is 0.380 e. The third-order valence-corrected chi connectivity index (χ3v) is 4.82. The van der Waals surface area contributed by atoms with E-state index in [0.717, 1.165) is 21.8 Å². The zero-order chi connectivity index (χ0) is 23.9. The third kappa shape index (κ3) is 5.44. The molecule has 34 heavy (non-hydrogen) atoms. The first-order chi connectivity index (χ1) is 16.5. The molecular formula is C24H20N6O4. The summed E-state index contributed by atoms with van der Waals surface area (Å²) in [5, 5.41) is 29.2. The van der Waals surface area contributed by atoms with Crippen molar-refractivity contribution in [2.24, 2.45) is 10.2 Å². The van der Waals surface area contributed by atoms with Crippen LogP contribution in [0.5, 0.6) is 0 Å². The smallest absolute Gasteiger partial charge is 0.272 e. The molecule has 0 radical (unpaired) electrons. The van der Waals surface area contributed by atoms with Crippen LogP contribution in [0, 0.1) is 0 Å².